The zero-order chi connectivity index (χ0) is 28.5. The van der Waals surface area contributed by atoms with Crippen LogP contribution in [0.3, 0.4) is 0 Å². The van der Waals surface area contributed by atoms with Crippen LogP contribution in [-0.4, -0.2) is 4.70 Å². The molecule has 0 atom stereocenters. The van der Waals surface area contributed by atoms with E-state index in [9.17, 15) is 5.53 Å². The predicted molar refractivity (Wildman–Crippen MR) is 168 cm³/mol. The zero-order valence-corrected chi connectivity index (χ0v) is 27.3. The molecule has 0 amide bonds. The second kappa shape index (κ2) is 19.3. The van der Waals surface area contributed by atoms with Gasteiger partial charge in [-0.05, 0) is 86.8 Å². The number of aryl methyl sites for hydroxylation is 2. The molecule has 1 aliphatic heterocycles. The van der Waals surface area contributed by atoms with Crippen LogP contribution in [0.1, 0.15) is 127 Å². The van der Waals surface area contributed by atoms with Gasteiger partial charge in [0.1, 0.15) is 0 Å². The van der Waals surface area contributed by atoms with Crippen molar-refractivity contribution in [1.29, 1.82) is 0 Å². The molecule has 3 heteroatoms. The van der Waals surface area contributed by atoms with Gasteiger partial charge in [-0.3, -0.25) is 0 Å². The van der Waals surface area contributed by atoms with E-state index in [2.05, 4.69) is 87.0 Å². The maximum absolute atomic E-state index is 11.9. The third-order valence-electron chi connectivity index (χ3n) is 7.46. The van der Waals surface area contributed by atoms with Gasteiger partial charge in [-0.1, -0.05) is 90.5 Å². The summed E-state index contributed by atoms with van der Waals surface area (Å²) in [6.45, 7) is 9.03. The first-order valence-corrected chi connectivity index (χ1v) is 18.5. The van der Waals surface area contributed by atoms with Gasteiger partial charge >= 0.3 is 28.8 Å². The van der Waals surface area contributed by atoms with E-state index >= 15 is 0 Å². The second-order valence-electron chi connectivity index (χ2n) is 10.8. The van der Waals surface area contributed by atoms with Gasteiger partial charge in [0.25, 0.3) is 0 Å². The van der Waals surface area contributed by atoms with Crippen molar-refractivity contribution in [1.82, 2.24) is 0 Å². The quantitative estimate of drug-likeness (QED) is 0.101. The summed E-state index contributed by atoms with van der Waals surface area (Å²) in [6, 6.07) is 17.8. The summed E-state index contributed by atoms with van der Waals surface area (Å²) >= 11 is 0.950. The van der Waals surface area contributed by atoms with Gasteiger partial charge in [0.05, 0.1) is 0 Å². The van der Waals surface area contributed by atoms with E-state index in [0.717, 1.165) is 66.2 Å². The number of nitrogens with zero attached hydrogens (tertiary/aromatic N) is 2. The molecule has 39 heavy (non-hydrogen) atoms. The molecule has 0 fully saturated rings. The number of hydrogen-bond acceptors (Lipinski definition) is 0. The average Bonchev–Trinajstić information content (AvgIpc) is 3.22. The summed E-state index contributed by atoms with van der Waals surface area (Å²) < 4.78 is 1.56. The van der Waals surface area contributed by atoms with Crippen molar-refractivity contribution in [2.75, 3.05) is 0 Å². The summed E-state index contributed by atoms with van der Waals surface area (Å²) in [5.41, 5.74) is 21.7. The van der Waals surface area contributed by atoms with E-state index in [0.29, 0.717) is 0 Å². The molecule has 2 aromatic carbocycles. The molecule has 1 heterocycles. The van der Waals surface area contributed by atoms with Crippen molar-refractivity contribution in [2.24, 2.45) is 0 Å². The Morgan fingerprint density at radius 2 is 0.949 bits per heavy atom. The fourth-order valence-electron chi connectivity index (χ4n) is 5.40. The molecule has 0 N–H and O–H groups in total. The molecular weight excluding hydrogens is 567 g/mol. The molecular formula is C36H54N2Pd. The minimum atomic E-state index is 0.950. The first kappa shape index (κ1) is 33.4. The van der Waals surface area contributed by atoms with E-state index in [-0.39, 0.29) is 0 Å². The number of rotatable bonds is 16. The summed E-state index contributed by atoms with van der Waals surface area (Å²) in [4.78, 5) is 0. The van der Waals surface area contributed by atoms with E-state index in [1.54, 1.807) is 4.70 Å². The van der Waals surface area contributed by atoms with E-state index < -0.39 is 0 Å². The van der Waals surface area contributed by atoms with Crippen molar-refractivity contribution < 1.29 is 22.7 Å². The second-order valence-corrected chi connectivity index (χ2v) is 12.4. The molecule has 1 aliphatic rings. The Morgan fingerprint density at radius 1 is 0.564 bits per heavy atom. The average molecular weight is 621 g/mol. The first-order chi connectivity index (χ1) is 19.1. The van der Waals surface area contributed by atoms with Gasteiger partial charge in [0.15, 0.2) is 0 Å². The monoisotopic (exact) mass is 620 g/mol. The number of unbranched alkanes of at least 4 members (excludes halogenated alkanes) is 6. The minimum absolute atomic E-state index is 0.950. The topological polar surface area (TPSA) is 25.3 Å². The number of benzene rings is 2. The van der Waals surface area contributed by atoms with Crippen molar-refractivity contribution >= 4 is 11.4 Å². The van der Waals surface area contributed by atoms with Gasteiger partial charge in [-0.25, -0.2) is 4.70 Å². The Morgan fingerprint density at radius 3 is 1.31 bits per heavy atom. The molecule has 2 aromatic rings. The first-order valence-electron chi connectivity index (χ1n) is 15.4. The van der Waals surface area contributed by atoms with E-state index in [1.807, 2.05) is 0 Å². The third kappa shape index (κ3) is 10.3. The zero-order valence-electron chi connectivity index (χ0n) is 25.7. The van der Waals surface area contributed by atoms with Crippen molar-refractivity contribution in [2.45, 2.75) is 128 Å². The van der Waals surface area contributed by atoms with Gasteiger partial charge in [0, 0.05) is 22.3 Å². The summed E-state index contributed by atoms with van der Waals surface area (Å²) in [5.74, 6) is 0. The molecule has 0 saturated heterocycles. The van der Waals surface area contributed by atoms with Gasteiger partial charge in [-0.2, -0.15) is 0 Å². The molecule has 218 valence electrons. The van der Waals surface area contributed by atoms with Crippen molar-refractivity contribution in [3.63, 3.8) is 0 Å². The Kier molecular flexibility index (Phi) is 16.5. The fraction of sp³-hybridized carbons (Fsp3) is 0.556. The van der Waals surface area contributed by atoms with Crippen LogP contribution in [0.4, 0.5) is 0 Å². The van der Waals surface area contributed by atoms with Crippen molar-refractivity contribution in [3.05, 3.63) is 87.5 Å². The van der Waals surface area contributed by atoms with Crippen LogP contribution >= 0.6 is 0 Å². The molecule has 0 unspecified atom stereocenters. The summed E-state index contributed by atoms with van der Waals surface area (Å²) in [5, 5.41) is 4.35. The molecule has 0 radical (unpaired) electrons. The Balaban J connectivity index is 0.00000170. The Bertz CT molecular complexity index is 995. The number of hydrogen-bond donors (Lipinski definition) is 0. The molecule has 2 nitrogen and oxygen atoms in total. The molecule has 0 aromatic heterocycles. The van der Waals surface area contributed by atoms with Crippen LogP contribution < -0.4 is 0 Å². The van der Waals surface area contributed by atoms with Crippen LogP contribution in [-0.2, 0) is 30.8 Å². The Labute approximate surface area is 249 Å². The molecule has 0 aliphatic carbocycles. The van der Waals surface area contributed by atoms with Gasteiger partial charge < -0.3 is 5.53 Å². The fourth-order valence-corrected chi connectivity index (χ4v) is 5.40. The van der Waals surface area contributed by atoms with Crippen LogP contribution in [0.15, 0.2) is 59.7 Å². The van der Waals surface area contributed by atoms with Gasteiger partial charge in [-0.15, -0.1) is 0 Å². The standard InChI is InChI=1S/C34H48N2.2CH3.Pd/c1-5-9-13-23-31-32(24-14-10-6-2)34(30-22-16-20-28(26-30)18-12-8-4)36(35)33(31)29-21-15-19-27(25-29)17-11-7-3;;;/h15-16,19-22,25-26H,5-14,17-18,23-24H2,1-4H3;2*1H3;. The third-order valence-corrected chi connectivity index (χ3v) is 7.46. The molecule has 3 rings (SSSR count). The van der Waals surface area contributed by atoms with Crippen LogP contribution in [0.2, 0.25) is 10.8 Å². The van der Waals surface area contributed by atoms with Crippen molar-refractivity contribution in [3.8, 4) is 0 Å². The van der Waals surface area contributed by atoms with Crippen LogP contribution in [0.5, 0.6) is 0 Å². The number of allylic oxidation sites excluding steroid dienone is 2. The summed E-state index contributed by atoms with van der Waals surface area (Å²) in [6.07, 6.45) is 16.2. The maximum atomic E-state index is 11.9. The molecule has 0 spiro atoms. The predicted octanol–water partition coefficient (Wildman–Crippen LogP) is 11.9. The molecule has 0 bridgehead atoms. The SMILES string of the molecule is CCCCCC1=C(c2cccc(CCCC)c2)[N+](=[N-])C(c2cccc(CCCC)c2)=C1CCCCC.[CH3][Pd][CH3]. The normalized spacial score (nSPS) is 13.3. The van der Waals surface area contributed by atoms with Gasteiger partial charge in [0.2, 0.25) is 11.4 Å². The summed E-state index contributed by atoms with van der Waals surface area (Å²) in [7, 11) is 0. The van der Waals surface area contributed by atoms with E-state index in [4.69, 9.17) is 0 Å². The molecule has 0 saturated carbocycles. The Hall–Kier alpha value is -1.82. The van der Waals surface area contributed by atoms with Crippen LogP contribution in [0.25, 0.3) is 16.9 Å². The van der Waals surface area contributed by atoms with E-state index in [1.165, 1.54) is 86.5 Å². The van der Waals surface area contributed by atoms with Crippen LogP contribution in [0, 0.1) is 0 Å².